The van der Waals surface area contributed by atoms with Crippen molar-refractivity contribution in [1.29, 1.82) is 0 Å². The largest absolute Gasteiger partial charge is 0.478 e. The van der Waals surface area contributed by atoms with E-state index in [-0.39, 0.29) is 6.10 Å². The van der Waals surface area contributed by atoms with Gasteiger partial charge in [-0.15, -0.1) is 0 Å². The third-order valence-electron chi connectivity index (χ3n) is 1.54. The molecule has 0 aliphatic heterocycles. The first-order chi connectivity index (χ1) is 7.99. The quantitative estimate of drug-likeness (QED) is 0.576. The highest BCUT2D eigenvalue weighted by molar-refractivity contribution is 5.90. The van der Waals surface area contributed by atoms with Gasteiger partial charge in [0.15, 0.2) is 0 Å². The van der Waals surface area contributed by atoms with Crippen LogP contribution in [0.4, 0.5) is 0 Å². The van der Waals surface area contributed by atoms with E-state index in [1.807, 2.05) is 0 Å². The van der Waals surface area contributed by atoms with Crippen LogP contribution >= 0.6 is 0 Å². The molecule has 1 saturated carbocycles. The van der Waals surface area contributed by atoms with Crippen LogP contribution in [0.5, 0.6) is 0 Å². The highest BCUT2D eigenvalue weighted by Crippen LogP contribution is 2.23. The molecule has 0 spiro atoms. The third kappa shape index (κ3) is 10.2. The minimum absolute atomic E-state index is 0.0287. The summed E-state index contributed by atoms with van der Waals surface area (Å²) in [6.45, 7) is 3.16. The van der Waals surface area contributed by atoms with E-state index in [4.69, 9.17) is 9.84 Å². The first-order valence-corrected chi connectivity index (χ1v) is 4.81. The topological polar surface area (TPSA) is 89.9 Å². The van der Waals surface area contributed by atoms with Crippen molar-refractivity contribution < 1.29 is 29.0 Å². The molecule has 0 amide bonds. The van der Waals surface area contributed by atoms with Crippen molar-refractivity contribution in [3.63, 3.8) is 0 Å². The predicted molar refractivity (Wildman–Crippen MR) is 58.1 cm³/mol. The maximum Gasteiger partial charge on any atom is 0.331 e. The molecule has 0 bridgehead atoms. The molecule has 0 heterocycles. The minimum Gasteiger partial charge on any atom is -0.478 e. The summed E-state index contributed by atoms with van der Waals surface area (Å²) in [5.74, 6) is -2.11. The van der Waals surface area contributed by atoms with Gasteiger partial charge in [0.25, 0.3) is 0 Å². The van der Waals surface area contributed by atoms with Crippen molar-refractivity contribution in [2.75, 3.05) is 7.11 Å². The fourth-order valence-electron chi connectivity index (χ4n) is 0.612. The van der Waals surface area contributed by atoms with Gasteiger partial charge in [0, 0.05) is 18.2 Å². The Morgan fingerprint density at radius 1 is 1.24 bits per heavy atom. The van der Waals surface area contributed by atoms with Crippen LogP contribution in [0, 0.1) is 0 Å². The molecule has 1 fully saturated rings. The van der Waals surface area contributed by atoms with Gasteiger partial charge >= 0.3 is 17.9 Å². The maximum absolute atomic E-state index is 10.6. The Kier molecular flexibility index (Phi) is 7.09. The van der Waals surface area contributed by atoms with E-state index in [1.165, 1.54) is 7.11 Å². The van der Waals surface area contributed by atoms with Crippen molar-refractivity contribution in [3.8, 4) is 0 Å². The number of carboxylic acid groups (broad SMARTS) is 1. The lowest BCUT2D eigenvalue weighted by molar-refractivity contribution is -0.139. The zero-order valence-electron chi connectivity index (χ0n) is 9.42. The molecule has 0 aromatic heterocycles. The summed E-state index contributed by atoms with van der Waals surface area (Å²) in [5.41, 5.74) is 0. The van der Waals surface area contributed by atoms with Gasteiger partial charge < -0.3 is 14.6 Å². The molecule has 0 aromatic rings. The van der Waals surface area contributed by atoms with Crippen LogP contribution in [0.25, 0.3) is 0 Å². The van der Waals surface area contributed by atoms with E-state index in [0.717, 1.165) is 31.1 Å². The van der Waals surface area contributed by atoms with Crippen LogP contribution in [0.15, 0.2) is 24.8 Å². The lowest BCUT2D eigenvalue weighted by Crippen LogP contribution is -2.02. The van der Waals surface area contributed by atoms with Gasteiger partial charge in [-0.05, 0) is 12.8 Å². The average Bonchev–Trinajstić information content (AvgIpc) is 3.10. The Balaban J connectivity index is 0.000000366. The summed E-state index contributed by atoms with van der Waals surface area (Å²) in [6, 6.07) is 0. The number of rotatable bonds is 4. The molecule has 0 atom stereocenters. The molecule has 0 unspecified atom stereocenters. The zero-order chi connectivity index (χ0) is 13.3. The lowest BCUT2D eigenvalue weighted by atomic mass is 10.5. The van der Waals surface area contributed by atoms with Crippen molar-refractivity contribution in [1.82, 2.24) is 0 Å². The van der Waals surface area contributed by atoms with Gasteiger partial charge in [-0.3, -0.25) is 0 Å². The molecule has 17 heavy (non-hydrogen) atoms. The molecular formula is C11H14O6. The number of aliphatic carboxylic acids is 1. The summed E-state index contributed by atoms with van der Waals surface area (Å²) >= 11 is 0. The number of hydrogen-bond acceptors (Lipinski definition) is 5. The van der Waals surface area contributed by atoms with Crippen LogP contribution in [0.1, 0.15) is 12.8 Å². The number of methoxy groups -OCH3 is 1. The molecule has 0 saturated heterocycles. The van der Waals surface area contributed by atoms with Crippen LogP contribution in [0.3, 0.4) is 0 Å². The number of carboxylic acids is 1. The first kappa shape index (κ1) is 14.9. The molecule has 94 valence electrons. The number of ether oxygens (including phenoxy) is 2. The number of carbonyl (C=O) groups excluding carboxylic acids is 2. The molecule has 1 aliphatic rings. The van der Waals surface area contributed by atoms with Gasteiger partial charge in [0.1, 0.15) is 6.10 Å². The Morgan fingerprint density at radius 3 is 2.12 bits per heavy atom. The zero-order valence-corrected chi connectivity index (χ0v) is 9.42. The fraction of sp³-hybridized carbons (Fsp3) is 0.364. The van der Waals surface area contributed by atoms with Crippen LogP contribution < -0.4 is 0 Å². The molecule has 6 nitrogen and oxygen atoms in total. The smallest absolute Gasteiger partial charge is 0.331 e. The van der Waals surface area contributed by atoms with E-state index in [9.17, 15) is 14.4 Å². The highest BCUT2D eigenvalue weighted by Gasteiger charge is 2.24. The normalized spacial score (nSPS) is 13.2. The fourth-order valence-corrected chi connectivity index (χ4v) is 0.612. The summed E-state index contributed by atoms with van der Waals surface area (Å²) in [4.78, 5) is 30.4. The molecule has 1 aliphatic carbocycles. The number of hydrogen-bond donors (Lipinski definition) is 1. The highest BCUT2D eigenvalue weighted by atomic mass is 16.5. The van der Waals surface area contributed by atoms with Crippen LogP contribution in [-0.4, -0.2) is 36.2 Å². The van der Waals surface area contributed by atoms with Gasteiger partial charge in [-0.2, -0.15) is 0 Å². The van der Waals surface area contributed by atoms with Gasteiger partial charge in [-0.1, -0.05) is 6.58 Å². The molecule has 1 N–H and O–H groups in total. The predicted octanol–water partition coefficient (Wildman–Crippen LogP) is 0.678. The maximum atomic E-state index is 10.6. The average molecular weight is 242 g/mol. The number of esters is 2. The second-order valence-electron chi connectivity index (χ2n) is 3.04. The molecule has 6 heteroatoms. The lowest BCUT2D eigenvalue weighted by Gasteiger charge is -1.94. The standard InChI is InChI=1S/C7H8O4.C4H6O2/c8-6(9)3-4-7(10)11-5-1-2-5;1-3-4(5)6-2/h3-5H,1-2H2,(H,8,9);3H,1H2,2H3/b4-3-;. The summed E-state index contributed by atoms with van der Waals surface area (Å²) in [7, 11) is 1.31. The second-order valence-corrected chi connectivity index (χ2v) is 3.04. The Labute approximate surface area is 98.5 Å². The molecule has 0 aromatic carbocycles. The third-order valence-corrected chi connectivity index (χ3v) is 1.54. The number of carbonyl (C=O) groups is 3. The van der Waals surface area contributed by atoms with Crippen LogP contribution in [-0.2, 0) is 23.9 Å². The van der Waals surface area contributed by atoms with Crippen molar-refractivity contribution in [3.05, 3.63) is 24.8 Å². The minimum atomic E-state index is -1.14. The Hall–Kier alpha value is -2.11. The van der Waals surface area contributed by atoms with Crippen molar-refractivity contribution in [2.45, 2.75) is 18.9 Å². The van der Waals surface area contributed by atoms with Gasteiger partial charge in [0.05, 0.1) is 7.11 Å². The SMILES string of the molecule is C=CC(=O)OC.O=C(O)/C=C\C(=O)OC1CC1. The first-order valence-electron chi connectivity index (χ1n) is 4.81. The molecule has 0 radical (unpaired) electrons. The van der Waals surface area contributed by atoms with E-state index in [0.29, 0.717) is 0 Å². The van der Waals surface area contributed by atoms with E-state index in [1.54, 1.807) is 0 Å². The Morgan fingerprint density at radius 2 is 1.82 bits per heavy atom. The monoisotopic (exact) mass is 242 g/mol. The van der Waals surface area contributed by atoms with E-state index < -0.39 is 17.9 Å². The Bertz CT molecular complexity index is 327. The van der Waals surface area contributed by atoms with E-state index in [2.05, 4.69) is 11.3 Å². The van der Waals surface area contributed by atoms with Gasteiger partial charge in [-0.25, -0.2) is 14.4 Å². The van der Waals surface area contributed by atoms with Crippen molar-refractivity contribution in [2.24, 2.45) is 0 Å². The van der Waals surface area contributed by atoms with E-state index >= 15 is 0 Å². The second kappa shape index (κ2) is 8.09. The van der Waals surface area contributed by atoms with Crippen molar-refractivity contribution >= 4 is 17.9 Å². The van der Waals surface area contributed by atoms with Crippen LogP contribution in [0.2, 0.25) is 0 Å². The molecular weight excluding hydrogens is 228 g/mol. The molecule has 1 rings (SSSR count). The summed E-state index contributed by atoms with van der Waals surface area (Å²) in [6.07, 6.45) is 4.62. The van der Waals surface area contributed by atoms with Gasteiger partial charge in [0.2, 0.25) is 0 Å². The summed E-state index contributed by atoms with van der Waals surface area (Å²) in [5, 5.41) is 8.12. The summed E-state index contributed by atoms with van der Waals surface area (Å²) < 4.78 is 8.86.